The third-order valence-electron chi connectivity index (χ3n) is 2.72. The molecule has 3 aromatic rings. The Morgan fingerprint density at radius 2 is 1.60 bits per heavy atom. The van der Waals surface area contributed by atoms with Gasteiger partial charge in [-0.05, 0) is 36.4 Å². The van der Waals surface area contributed by atoms with Gasteiger partial charge in [-0.15, -0.1) is 0 Å². The second kappa shape index (κ2) is 5.57. The molecule has 0 spiro atoms. The molecule has 0 fully saturated rings. The first-order valence-electron chi connectivity index (χ1n) is 5.96. The molecule has 3 rings (SSSR count). The van der Waals surface area contributed by atoms with Gasteiger partial charge in [0, 0.05) is 5.02 Å². The Balaban J connectivity index is 1.91. The molecule has 20 heavy (non-hydrogen) atoms. The van der Waals surface area contributed by atoms with Gasteiger partial charge in [0.2, 0.25) is 0 Å². The van der Waals surface area contributed by atoms with Gasteiger partial charge in [-0.1, -0.05) is 41.4 Å². The van der Waals surface area contributed by atoms with Crippen molar-refractivity contribution in [2.75, 3.05) is 0 Å². The first-order chi connectivity index (χ1) is 9.74. The van der Waals surface area contributed by atoms with E-state index in [0.717, 1.165) is 5.69 Å². The van der Waals surface area contributed by atoms with E-state index in [1.54, 1.807) is 23.0 Å². The van der Waals surface area contributed by atoms with Crippen molar-refractivity contribution in [3.05, 3.63) is 71.0 Å². The Labute approximate surface area is 126 Å². The highest BCUT2D eigenvalue weighted by Crippen LogP contribution is 2.30. The molecule has 5 heteroatoms. The molecule has 0 atom stereocenters. The number of hydrogen-bond donors (Lipinski definition) is 0. The monoisotopic (exact) mass is 304 g/mol. The average Bonchev–Trinajstić information content (AvgIpc) is 2.83. The molecule has 100 valence electrons. The molecule has 3 nitrogen and oxygen atoms in total. The van der Waals surface area contributed by atoms with Gasteiger partial charge in [0.1, 0.15) is 5.75 Å². The predicted octanol–water partition coefficient (Wildman–Crippen LogP) is 4.97. The fourth-order valence-corrected chi connectivity index (χ4v) is 2.12. The van der Waals surface area contributed by atoms with E-state index in [1.165, 1.54) is 0 Å². The number of benzene rings is 2. The van der Waals surface area contributed by atoms with Gasteiger partial charge in [0.15, 0.2) is 10.9 Å². The van der Waals surface area contributed by atoms with Crippen LogP contribution in [0.25, 0.3) is 5.69 Å². The van der Waals surface area contributed by atoms with Crippen molar-refractivity contribution in [1.29, 1.82) is 0 Å². The lowest BCUT2D eigenvalue weighted by atomic mass is 10.3. The summed E-state index contributed by atoms with van der Waals surface area (Å²) in [5.41, 5.74) is 0.822. The third kappa shape index (κ3) is 2.64. The lowest BCUT2D eigenvalue weighted by molar-refractivity contribution is 0.483. The zero-order valence-corrected chi connectivity index (χ0v) is 11.8. The molecular formula is C15H10Cl2N2O. The molecule has 0 unspecified atom stereocenters. The van der Waals surface area contributed by atoms with Gasteiger partial charge >= 0.3 is 0 Å². The van der Waals surface area contributed by atoms with Gasteiger partial charge in [0.05, 0.1) is 11.9 Å². The van der Waals surface area contributed by atoms with Crippen LogP contribution in [0.4, 0.5) is 0 Å². The molecule has 0 N–H and O–H groups in total. The van der Waals surface area contributed by atoms with Gasteiger partial charge in [0.25, 0.3) is 0 Å². The number of aromatic nitrogens is 2. The van der Waals surface area contributed by atoms with Crippen molar-refractivity contribution in [2.24, 2.45) is 0 Å². The minimum atomic E-state index is 0.413. The van der Waals surface area contributed by atoms with Crippen LogP contribution in [0.5, 0.6) is 11.5 Å². The Morgan fingerprint density at radius 1 is 0.900 bits per heavy atom. The topological polar surface area (TPSA) is 27.1 Å². The number of rotatable bonds is 3. The molecular weight excluding hydrogens is 295 g/mol. The Bertz CT molecular complexity index is 708. The van der Waals surface area contributed by atoms with Crippen LogP contribution in [-0.4, -0.2) is 9.78 Å². The summed E-state index contributed by atoms with van der Waals surface area (Å²) < 4.78 is 7.29. The van der Waals surface area contributed by atoms with Crippen LogP contribution in [-0.2, 0) is 0 Å². The van der Waals surface area contributed by atoms with Gasteiger partial charge < -0.3 is 4.74 Å². The third-order valence-corrected chi connectivity index (χ3v) is 3.32. The van der Waals surface area contributed by atoms with Crippen molar-refractivity contribution >= 4 is 23.2 Å². The van der Waals surface area contributed by atoms with Crippen LogP contribution in [0.15, 0.2) is 60.8 Å². The van der Waals surface area contributed by atoms with E-state index in [0.29, 0.717) is 21.7 Å². The van der Waals surface area contributed by atoms with Crippen LogP contribution in [0.2, 0.25) is 10.2 Å². The van der Waals surface area contributed by atoms with Crippen LogP contribution in [0.1, 0.15) is 0 Å². The smallest absolute Gasteiger partial charge is 0.184 e. The van der Waals surface area contributed by atoms with E-state index in [2.05, 4.69) is 5.10 Å². The number of ether oxygens (including phenoxy) is 1. The second-order valence-corrected chi connectivity index (χ2v) is 4.90. The standard InChI is InChI=1S/C15H10Cl2N2O/c16-11-6-8-12(9-7-11)19-15(17)14(10-18-19)20-13-4-2-1-3-5-13/h1-10H. The maximum Gasteiger partial charge on any atom is 0.184 e. The molecule has 0 bridgehead atoms. The highest BCUT2D eigenvalue weighted by molar-refractivity contribution is 6.31. The molecule has 0 aliphatic rings. The largest absolute Gasteiger partial charge is 0.452 e. The minimum absolute atomic E-state index is 0.413. The molecule has 0 aliphatic heterocycles. The summed E-state index contributed by atoms with van der Waals surface area (Å²) in [4.78, 5) is 0. The Hall–Kier alpha value is -1.97. The van der Waals surface area contributed by atoms with E-state index in [9.17, 15) is 0 Å². The molecule has 0 radical (unpaired) electrons. The Kier molecular flexibility index (Phi) is 3.63. The minimum Gasteiger partial charge on any atom is -0.452 e. The summed E-state index contributed by atoms with van der Waals surface area (Å²) in [6.07, 6.45) is 1.59. The fourth-order valence-electron chi connectivity index (χ4n) is 1.76. The first kappa shape index (κ1) is 13.0. The highest BCUT2D eigenvalue weighted by atomic mass is 35.5. The van der Waals surface area contributed by atoms with Crippen LogP contribution in [0.3, 0.4) is 0 Å². The van der Waals surface area contributed by atoms with Crippen LogP contribution >= 0.6 is 23.2 Å². The van der Waals surface area contributed by atoms with E-state index in [4.69, 9.17) is 27.9 Å². The summed E-state index contributed by atoms with van der Waals surface area (Å²) >= 11 is 12.2. The predicted molar refractivity (Wildman–Crippen MR) is 80.1 cm³/mol. The highest BCUT2D eigenvalue weighted by Gasteiger charge is 2.12. The quantitative estimate of drug-likeness (QED) is 0.683. The summed E-state index contributed by atoms with van der Waals surface area (Å²) in [5.74, 6) is 1.22. The zero-order chi connectivity index (χ0) is 13.9. The van der Waals surface area contributed by atoms with Gasteiger partial charge in [-0.25, -0.2) is 4.68 Å². The summed E-state index contributed by atoms with van der Waals surface area (Å²) in [6, 6.07) is 16.7. The lowest BCUT2D eigenvalue weighted by Gasteiger charge is -2.05. The molecule has 0 aliphatic carbocycles. The number of para-hydroxylation sites is 1. The maximum atomic E-state index is 6.29. The second-order valence-electron chi connectivity index (χ2n) is 4.10. The molecule has 0 saturated heterocycles. The van der Waals surface area contributed by atoms with Crippen LogP contribution in [0, 0.1) is 0 Å². The van der Waals surface area contributed by atoms with Crippen LogP contribution < -0.4 is 4.74 Å². The molecule has 2 aromatic carbocycles. The summed E-state index contributed by atoms with van der Waals surface area (Å²) in [6.45, 7) is 0. The molecule has 0 amide bonds. The molecule has 0 saturated carbocycles. The molecule has 1 aromatic heterocycles. The van der Waals surface area contributed by atoms with Crippen molar-refractivity contribution in [3.63, 3.8) is 0 Å². The Morgan fingerprint density at radius 3 is 2.30 bits per heavy atom. The van der Waals surface area contributed by atoms with Gasteiger partial charge in [-0.2, -0.15) is 5.10 Å². The zero-order valence-electron chi connectivity index (χ0n) is 10.3. The normalized spacial score (nSPS) is 10.5. The average molecular weight is 305 g/mol. The lowest BCUT2D eigenvalue weighted by Crippen LogP contribution is -1.95. The van der Waals surface area contributed by atoms with E-state index in [-0.39, 0.29) is 0 Å². The number of hydrogen-bond acceptors (Lipinski definition) is 2. The maximum absolute atomic E-state index is 6.29. The first-order valence-corrected chi connectivity index (χ1v) is 6.72. The van der Waals surface area contributed by atoms with Gasteiger partial charge in [-0.3, -0.25) is 0 Å². The summed E-state index contributed by atoms with van der Waals surface area (Å²) in [5, 5.41) is 5.31. The van der Waals surface area contributed by atoms with E-state index in [1.807, 2.05) is 42.5 Å². The van der Waals surface area contributed by atoms with E-state index < -0.39 is 0 Å². The van der Waals surface area contributed by atoms with Crippen molar-refractivity contribution in [3.8, 4) is 17.2 Å². The fraction of sp³-hybridized carbons (Fsp3) is 0. The SMILES string of the molecule is Clc1ccc(-n2ncc(Oc3ccccc3)c2Cl)cc1. The molecule has 1 heterocycles. The summed E-state index contributed by atoms with van der Waals surface area (Å²) in [7, 11) is 0. The number of nitrogens with zero attached hydrogens (tertiary/aromatic N) is 2. The van der Waals surface area contributed by atoms with Crippen molar-refractivity contribution in [1.82, 2.24) is 9.78 Å². The number of halogens is 2. The van der Waals surface area contributed by atoms with Crippen molar-refractivity contribution < 1.29 is 4.74 Å². The van der Waals surface area contributed by atoms with E-state index >= 15 is 0 Å². The van der Waals surface area contributed by atoms with Crippen molar-refractivity contribution in [2.45, 2.75) is 0 Å².